The van der Waals surface area contributed by atoms with Crippen molar-refractivity contribution in [3.8, 4) is 0 Å². The van der Waals surface area contributed by atoms with E-state index in [1.54, 1.807) is 11.8 Å². The van der Waals surface area contributed by atoms with E-state index in [9.17, 15) is 9.59 Å². The lowest BCUT2D eigenvalue weighted by Crippen LogP contribution is -2.33. The SMILES string of the molecule is COC(=O)NC(=Nc1ccc2c(c1)N(C(C)=O)C(C)C2)SC. The zero-order valence-electron chi connectivity index (χ0n) is 13.0. The standard InChI is InChI=1S/C15H19N3O3S/c1-9-7-11-5-6-12(8-13(11)18(9)10(2)19)16-14(22-4)17-15(20)21-3/h5-6,8-9H,7H2,1-4H3,(H,16,17,20). The maximum atomic E-state index is 11.8. The average molecular weight is 321 g/mol. The highest BCUT2D eigenvalue weighted by atomic mass is 32.2. The van der Waals surface area contributed by atoms with Gasteiger partial charge in [-0.25, -0.2) is 9.79 Å². The number of nitrogens with one attached hydrogen (secondary N) is 1. The molecule has 1 aromatic carbocycles. The van der Waals surface area contributed by atoms with Crippen molar-refractivity contribution in [2.45, 2.75) is 26.3 Å². The number of fused-ring (bicyclic) bond motifs is 1. The zero-order valence-corrected chi connectivity index (χ0v) is 13.9. The number of thioether (sulfide) groups is 1. The van der Waals surface area contributed by atoms with Gasteiger partial charge in [-0.2, -0.15) is 0 Å². The van der Waals surface area contributed by atoms with Gasteiger partial charge in [-0.3, -0.25) is 10.1 Å². The molecule has 0 aromatic heterocycles. The first-order valence-corrected chi connectivity index (χ1v) is 8.09. The Kier molecular flexibility index (Phi) is 5.07. The Hall–Kier alpha value is -2.02. The van der Waals surface area contributed by atoms with Crippen LogP contribution < -0.4 is 10.2 Å². The minimum atomic E-state index is -0.562. The van der Waals surface area contributed by atoms with Crippen molar-refractivity contribution in [3.63, 3.8) is 0 Å². The van der Waals surface area contributed by atoms with E-state index in [1.807, 2.05) is 31.4 Å². The lowest BCUT2D eigenvalue weighted by Gasteiger charge is -2.20. The Bertz CT molecular complexity index is 630. The number of methoxy groups -OCH3 is 1. The molecule has 6 nitrogen and oxygen atoms in total. The van der Waals surface area contributed by atoms with Crippen LogP contribution in [0.15, 0.2) is 23.2 Å². The first-order chi connectivity index (χ1) is 10.5. The molecule has 0 saturated carbocycles. The molecule has 22 heavy (non-hydrogen) atoms. The third-order valence-corrected chi connectivity index (χ3v) is 4.02. The Balaban J connectivity index is 2.31. The fourth-order valence-electron chi connectivity index (χ4n) is 2.53. The van der Waals surface area contributed by atoms with Gasteiger partial charge in [-0.15, -0.1) is 0 Å². The number of benzene rings is 1. The first-order valence-electron chi connectivity index (χ1n) is 6.86. The Morgan fingerprint density at radius 1 is 1.45 bits per heavy atom. The normalized spacial score (nSPS) is 17.2. The van der Waals surface area contributed by atoms with E-state index in [0.29, 0.717) is 10.9 Å². The van der Waals surface area contributed by atoms with Crippen molar-refractivity contribution in [2.24, 2.45) is 4.99 Å². The number of carbonyl (C=O) groups excluding carboxylic acids is 2. The van der Waals surface area contributed by atoms with Crippen molar-refractivity contribution in [1.29, 1.82) is 0 Å². The van der Waals surface area contributed by atoms with E-state index < -0.39 is 6.09 Å². The summed E-state index contributed by atoms with van der Waals surface area (Å²) in [5.74, 6) is 0.0187. The van der Waals surface area contributed by atoms with E-state index in [-0.39, 0.29) is 11.9 Å². The summed E-state index contributed by atoms with van der Waals surface area (Å²) in [5.41, 5.74) is 2.70. The minimum absolute atomic E-state index is 0.0187. The monoisotopic (exact) mass is 321 g/mol. The Morgan fingerprint density at radius 3 is 2.77 bits per heavy atom. The molecule has 0 aliphatic carbocycles. The number of amidine groups is 1. The quantitative estimate of drug-likeness (QED) is 0.638. The van der Waals surface area contributed by atoms with Crippen LogP contribution >= 0.6 is 11.8 Å². The molecular formula is C15H19N3O3S. The fourth-order valence-corrected chi connectivity index (χ4v) is 2.91. The average Bonchev–Trinajstić information content (AvgIpc) is 2.81. The fraction of sp³-hybridized carbons (Fsp3) is 0.400. The van der Waals surface area contributed by atoms with Crippen LogP contribution in [0, 0.1) is 0 Å². The number of amides is 2. The van der Waals surface area contributed by atoms with E-state index in [0.717, 1.165) is 17.7 Å². The lowest BCUT2D eigenvalue weighted by molar-refractivity contribution is -0.116. The molecule has 0 fully saturated rings. The molecule has 1 unspecified atom stereocenters. The van der Waals surface area contributed by atoms with Crippen LogP contribution in [0.4, 0.5) is 16.2 Å². The summed E-state index contributed by atoms with van der Waals surface area (Å²) in [5, 5.41) is 2.98. The van der Waals surface area contributed by atoms with Gasteiger partial charge in [-0.1, -0.05) is 17.8 Å². The van der Waals surface area contributed by atoms with Crippen LogP contribution in [0.5, 0.6) is 0 Å². The predicted molar refractivity (Wildman–Crippen MR) is 88.9 cm³/mol. The van der Waals surface area contributed by atoms with Gasteiger partial charge in [0.2, 0.25) is 5.91 Å². The molecular weight excluding hydrogens is 302 g/mol. The second-order valence-corrected chi connectivity index (χ2v) is 5.79. The van der Waals surface area contributed by atoms with Crippen LogP contribution in [0.25, 0.3) is 0 Å². The van der Waals surface area contributed by atoms with E-state index >= 15 is 0 Å². The molecule has 1 heterocycles. The predicted octanol–water partition coefficient (Wildman–Crippen LogP) is 2.69. The molecule has 118 valence electrons. The van der Waals surface area contributed by atoms with Gasteiger partial charge in [0.25, 0.3) is 0 Å². The lowest BCUT2D eigenvalue weighted by atomic mass is 10.1. The first kappa shape index (κ1) is 16.4. The van der Waals surface area contributed by atoms with Gasteiger partial charge in [0.1, 0.15) is 0 Å². The summed E-state index contributed by atoms with van der Waals surface area (Å²) >= 11 is 1.31. The summed E-state index contributed by atoms with van der Waals surface area (Å²) in [7, 11) is 1.30. The topological polar surface area (TPSA) is 71.0 Å². The maximum absolute atomic E-state index is 11.8. The Labute approximate surface area is 133 Å². The van der Waals surface area contributed by atoms with Gasteiger partial charge < -0.3 is 9.64 Å². The maximum Gasteiger partial charge on any atom is 0.412 e. The van der Waals surface area contributed by atoms with Crippen molar-refractivity contribution in [3.05, 3.63) is 23.8 Å². The van der Waals surface area contributed by atoms with Gasteiger partial charge >= 0.3 is 6.09 Å². The summed E-state index contributed by atoms with van der Waals surface area (Å²) in [6.07, 6.45) is 2.09. The Morgan fingerprint density at radius 2 is 2.18 bits per heavy atom. The molecule has 0 radical (unpaired) electrons. The molecule has 1 aliphatic rings. The highest BCUT2D eigenvalue weighted by Crippen LogP contribution is 2.35. The summed E-state index contributed by atoms with van der Waals surface area (Å²) in [6.45, 7) is 3.59. The van der Waals surface area contributed by atoms with Crippen molar-refractivity contribution in [1.82, 2.24) is 5.32 Å². The van der Waals surface area contributed by atoms with Gasteiger partial charge in [0.05, 0.1) is 12.8 Å². The molecule has 1 N–H and O–H groups in total. The summed E-state index contributed by atoms with van der Waals surface area (Å²) < 4.78 is 4.56. The van der Waals surface area contributed by atoms with Gasteiger partial charge in [0, 0.05) is 18.7 Å². The molecule has 2 rings (SSSR count). The highest BCUT2D eigenvalue weighted by molar-refractivity contribution is 8.13. The van der Waals surface area contributed by atoms with Crippen LogP contribution in [0.1, 0.15) is 19.4 Å². The van der Waals surface area contributed by atoms with Crippen molar-refractivity contribution >= 4 is 40.3 Å². The summed E-state index contributed by atoms with van der Waals surface area (Å²) in [4.78, 5) is 29.2. The van der Waals surface area contributed by atoms with Crippen LogP contribution in [0.2, 0.25) is 0 Å². The molecule has 1 aliphatic heterocycles. The number of carbonyl (C=O) groups is 2. The number of hydrogen-bond donors (Lipinski definition) is 1. The molecule has 0 bridgehead atoms. The largest absolute Gasteiger partial charge is 0.453 e. The molecule has 2 amide bonds. The van der Waals surface area contributed by atoms with Crippen LogP contribution in [-0.2, 0) is 16.0 Å². The van der Waals surface area contributed by atoms with E-state index in [2.05, 4.69) is 15.0 Å². The van der Waals surface area contributed by atoms with Crippen molar-refractivity contribution < 1.29 is 14.3 Å². The number of ether oxygens (including phenoxy) is 1. The van der Waals surface area contributed by atoms with Crippen LogP contribution in [0.3, 0.4) is 0 Å². The molecule has 1 atom stereocenters. The van der Waals surface area contributed by atoms with E-state index in [1.165, 1.54) is 18.9 Å². The number of anilines is 1. The summed E-state index contributed by atoms with van der Waals surface area (Å²) in [6, 6.07) is 5.88. The highest BCUT2D eigenvalue weighted by Gasteiger charge is 2.28. The number of rotatable bonds is 1. The van der Waals surface area contributed by atoms with E-state index in [4.69, 9.17) is 0 Å². The number of hydrogen-bond acceptors (Lipinski definition) is 5. The molecule has 1 aromatic rings. The van der Waals surface area contributed by atoms with Crippen molar-refractivity contribution in [2.75, 3.05) is 18.3 Å². The molecule has 0 saturated heterocycles. The second kappa shape index (κ2) is 6.83. The van der Waals surface area contributed by atoms with Gasteiger partial charge in [-0.05, 0) is 37.3 Å². The molecule has 0 spiro atoms. The number of nitrogens with zero attached hydrogens (tertiary/aromatic N) is 2. The minimum Gasteiger partial charge on any atom is -0.453 e. The zero-order chi connectivity index (χ0) is 16.3. The number of aliphatic imine (C=N–C) groups is 1. The molecule has 7 heteroatoms. The third-order valence-electron chi connectivity index (χ3n) is 3.44. The smallest absolute Gasteiger partial charge is 0.412 e. The second-order valence-electron chi connectivity index (χ2n) is 4.99. The van der Waals surface area contributed by atoms with Crippen LogP contribution in [-0.4, -0.2) is 36.6 Å². The van der Waals surface area contributed by atoms with Gasteiger partial charge in [0.15, 0.2) is 5.17 Å². The number of alkyl carbamates (subject to hydrolysis) is 1. The third kappa shape index (κ3) is 3.41.